The van der Waals surface area contributed by atoms with Crippen LogP contribution in [-0.4, -0.2) is 45.2 Å². The predicted molar refractivity (Wildman–Crippen MR) is 82.4 cm³/mol. The van der Waals surface area contributed by atoms with E-state index in [0.29, 0.717) is 30.9 Å². The summed E-state index contributed by atoms with van der Waals surface area (Å²) in [5.41, 5.74) is 1.25. The van der Waals surface area contributed by atoms with Crippen LogP contribution >= 0.6 is 0 Å². The number of methoxy groups -OCH3 is 1. The van der Waals surface area contributed by atoms with E-state index in [2.05, 4.69) is 16.0 Å². The minimum atomic E-state index is -0.130. The normalized spacial score (nSPS) is 10.2. The Labute approximate surface area is 125 Å². The summed E-state index contributed by atoms with van der Waals surface area (Å²) in [6, 6.07) is 6.82. The lowest BCUT2D eigenvalue weighted by atomic mass is 10.2. The Kier molecular flexibility index (Phi) is 8.08. The Hall–Kier alpha value is -1.92. The molecule has 0 atom stereocenters. The van der Waals surface area contributed by atoms with E-state index < -0.39 is 0 Å². The third kappa shape index (κ3) is 6.87. The number of amides is 2. The molecule has 0 aromatic heterocycles. The number of carbonyl (C=O) groups is 2. The molecule has 6 heteroatoms. The highest BCUT2D eigenvalue weighted by Crippen LogP contribution is 2.09. The Bertz CT molecular complexity index is 446. The molecule has 1 aromatic rings. The van der Waals surface area contributed by atoms with Gasteiger partial charge in [-0.2, -0.15) is 0 Å². The Morgan fingerprint density at radius 3 is 2.48 bits per heavy atom. The van der Waals surface area contributed by atoms with Gasteiger partial charge in [0.05, 0.1) is 13.2 Å². The lowest BCUT2D eigenvalue weighted by Crippen LogP contribution is -2.30. The van der Waals surface area contributed by atoms with E-state index >= 15 is 0 Å². The highest BCUT2D eigenvalue weighted by Gasteiger charge is 2.05. The minimum absolute atomic E-state index is 0.101. The molecule has 0 fully saturated rings. The maximum Gasteiger partial charge on any atom is 0.251 e. The fourth-order valence-corrected chi connectivity index (χ4v) is 1.63. The summed E-state index contributed by atoms with van der Waals surface area (Å²) >= 11 is 0. The van der Waals surface area contributed by atoms with Gasteiger partial charge in [-0.05, 0) is 30.7 Å². The number of anilines is 1. The van der Waals surface area contributed by atoms with Crippen molar-refractivity contribution in [3.05, 3.63) is 29.8 Å². The molecule has 0 aliphatic heterocycles. The van der Waals surface area contributed by atoms with Gasteiger partial charge in [0.2, 0.25) is 5.91 Å². The summed E-state index contributed by atoms with van der Waals surface area (Å²) < 4.78 is 4.87. The first kappa shape index (κ1) is 17.1. The van der Waals surface area contributed by atoms with Crippen molar-refractivity contribution in [2.24, 2.45) is 0 Å². The standard InChI is InChI=1S/C15H23N3O3/c1-3-8-17-15(20)12-4-6-13(7-5-12)18-14(19)11-16-9-10-21-2/h4-7,16H,3,8-11H2,1-2H3,(H,17,20)(H,18,19). The van der Waals surface area contributed by atoms with Crippen LogP contribution in [0.1, 0.15) is 23.7 Å². The molecule has 0 heterocycles. The molecule has 0 radical (unpaired) electrons. The van der Waals surface area contributed by atoms with Crippen LogP contribution < -0.4 is 16.0 Å². The van der Waals surface area contributed by atoms with Crippen molar-refractivity contribution in [3.8, 4) is 0 Å². The average molecular weight is 293 g/mol. The zero-order chi connectivity index (χ0) is 15.5. The largest absolute Gasteiger partial charge is 0.383 e. The van der Waals surface area contributed by atoms with Crippen LogP contribution in [0.3, 0.4) is 0 Å². The molecule has 0 aliphatic carbocycles. The molecule has 1 rings (SSSR count). The van der Waals surface area contributed by atoms with Crippen molar-refractivity contribution in [1.29, 1.82) is 0 Å². The van der Waals surface area contributed by atoms with Crippen molar-refractivity contribution >= 4 is 17.5 Å². The van der Waals surface area contributed by atoms with Gasteiger partial charge in [0.15, 0.2) is 0 Å². The highest BCUT2D eigenvalue weighted by atomic mass is 16.5. The summed E-state index contributed by atoms with van der Waals surface area (Å²) in [7, 11) is 1.61. The smallest absolute Gasteiger partial charge is 0.251 e. The highest BCUT2D eigenvalue weighted by molar-refractivity contribution is 5.96. The van der Waals surface area contributed by atoms with Gasteiger partial charge in [0.1, 0.15) is 0 Å². The van der Waals surface area contributed by atoms with Gasteiger partial charge < -0.3 is 20.7 Å². The van der Waals surface area contributed by atoms with E-state index in [9.17, 15) is 9.59 Å². The number of ether oxygens (including phenoxy) is 1. The average Bonchev–Trinajstić information content (AvgIpc) is 2.50. The van der Waals surface area contributed by atoms with Crippen LogP contribution in [0.5, 0.6) is 0 Å². The monoisotopic (exact) mass is 293 g/mol. The van der Waals surface area contributed by atoms with Crippen LogP contribution in [0.2, 0.25) is 0 Å². The van der Waals surface area contributed by atoms with Crippen molar-refractivity contribution < 1.29 is 14.3 Å². The quantitative estimate of drug-likeness (QED) is 0.594. The topological polar surface area (TPSA) is 79.5 Å². The molecule has 0 saturated carbocycles. The van der Waals surface area contributed by atoms with Gasteiger partial charge in [-0.1, -0.05) is 6.92 Å². The molecule has 0 unspecified atom stereocenters. The van der Waals surface area contributed by atoms with Crippen molar-refractivity contribution in [1.82, 2.24) is 10.6 Å². The van der Waals surface area contributed by atoms with Crippen molar-refractivity contribution in [2.75, 3.05) is 38.7 Å². The molecule has 1 aromatic carbocycles. The summed E-state index contributed by atoms with van der Waals surface area (Å²) in [6.07, 6.45) is 0.899. The molecule has 6 nitrogen and oxygen atoms in total. The number of nitrogens with one attached hydrogen (secondary N) is 3. The van der Waals surface area contributed by atoms with Crippen LogP contribution in [0.25, 0.3) is 0 Å². The van der Waals surface area contributed by atoms with Gasteiger partial charge in [-0.3, -0.25) is 9.59 Å². The summed E-state index contributed by atoms with van der Waals surface area (Å²) in [5, 5.41) is 8.51. The third-order valence-corrected chi connectivity index (χ3v) is 2.73. The second kappa shape index (κ2) is 9.90. The van der Waals surface area contributed by atoms with Gasteiger partial charge in [0.25, 0.3) is 5.91 Å². The van der Waals surface area contributed by atoms with Crippen LogP contribution in [0, 0.1) is 0 Å². The fraction of sp³-hybridized carbons (Fsp3) is 0.467. The Morgan fingerprint density at radius 1 is 1.14 bits per heavy atom. The molecule has 2 amide bonds. The molecule has 3 N–H and O–H groups in total. The summed E-state index contributed by atoms with van der Waals surface area (Å²) in [4.78, 5) is 23.4. The molecule has 0 saturated heterocycles. The second-order valence-corrected chi connectivity index (χ2v) is 4.55. The lowest BCUT2D eigenvalue weighted by Gasteiger charge is -2.08. The maximum atomic E-state index is 11.7. The SMILES string of the molecule is CCCNC(=O)c1ccc(NC(=O)CNCCOC)cc1. The number of rotatable bonds is 9. The number of benzene rings is 1. The Morgan fingerprint density at radius 2 is 1.86 bits per heavy atom. The van der Waals surface area contributed by atoms with E-state index in [1.165, 1.54) is 0 Å². The molecule has 0 aliphatic rings. The van der Waals surface area contributed by atoms with Gasteiger partial charge in [0, 0.05) is 31.5 Å². The Balaban J connectivity index is 2.39. The maximum absolute atomic E-state index is 11.7. The van der Waals surface area contributed by atoms with Gasteiger partial charge >= 0.3 is 0 Å². The van der Waals surface area contributed by atoms with E-state index in [1.54, 1.807) is 31.4 Å². The van der Waals surface area contributed by atoms with Gasteiger partial charge in [-0.15, -0.1) is 0 Å². The molecule has 0 spiro atoms. The fourth-order valence-electron chi connectivity index (χ4n) is 1.63. The second-order valence-electron chi connectivity index (χ2n) is 4.55. The summed E-state index contributed by atoms with van der Waals surface area (Å²) in [6.45, 7) is 4.07. The zero-order valence-corrected chi connectivity index (χ0v) is 12.6. The van der Waals surface area contributed by atoms with E-state index in [1.807, 2.05) is 6.92 Å². The van der Waals surface area contributed by atoms with Crippen LogP contribution in [0.4, 0.5) is 5.69 Å². The van der Waals surface area contributed by atoms with E-state index in [4.69, 9.17) is 4.74 Å². The lowest BCUT2D eigenvalue weighted by molar-refractivity contribution is -0.115. The first-order chi connectivity index (χ1) is 10.2. The molecular formula is C15H23N3O3. The zero-order valence-electron chi connectivity index (χ0n) is 12.6. The van der Waals surface area contributed by atoms with Crippen LogP contribution in [0.15, 0.2) is 24.3 Å². The summed E-state index contributed by atoms with van der Waals surface area (Å²) in [5.74, 6) is -0.231. The van der Waals surface area contributed by atoms with Crippen molar-refractivity contribution in [3.63, 3.8) is 0 Å². The van der Waals surface area contributed by atoms with E-state index in [-0.39, 0.29) is 18.4 Å². The minimum Gasteiger partial charge on any atom is -0.383 e. The van der Waals surface area contributed by atoms with Crippen LogP contribution in [-0.2, 0) is 9.53 Å². The molecule has 21 heavy (non-hydrogen) atoms. The molecule has 116 valence electrons. The first-order valence-electron chi connectivity index (χ1n) is 7.05. The predicted octanol–water partition coefficient (Wildman–Crippen LogP) is 1.00. The third-order valence-electron chi connectivity index (χ3n) is 2.73. The van der Waals surface area contributed by atoms with Gasteiger partial charge in [-0.25, -0.2) is 0 Å². The number of hydrogen-bond donors (Lipinski definition) is 3. The van der Waals surface area contributed by atoms with Crippen molar-refractivity contribution in [2.45, 2.75) is 13.3 Å². The number of carbonyl (C=O) groups excluding carboxylic acids is 2. The molecule has 0 bridgehead atoms. The first-order valence-corrected chi connectivity index (χ1v) is 7.05. The molecular weight excluding hydrogens is 270 g/mol. The number of hydrogen-bond acceptors (Lipinski definition) is 4. The van der Waals surface area contributed by atoms with E-state index in [0.717, 1.165) is 6.42 Å².